The molecule has 0 saturated carbocycles. The summed E-state index contributed by atoms with van der Waals surface area (Å²) >= 11 is 0. The van der Waals surface area contributed by atoms with Crippen molar-refractivity contribution in [1.82, 2.24) is 15.5 Å². The van der Waals surface area contributed by atoms with Gasteiger partial charge in [0.05, 0.1) is 50.9 Å². The van der Waals surface area contributed by atoms with Gasteiger partial charge < -0.3 is 35.1 Å². The highest BCUT2D eigenvalue weighted by molar-refractivity contribution is 5.88. The van der Waals surface area contributed by atoms with Gasteiger partial charge >= 0.3 is 5.97 Å². The van der Waals surface area contributed by atoms with E-state index in [2.05, 4.69) is 15.5 Å². The molecule has 37 heavy (non-hydrogen) atoms. The van der Waals surface area contributed by atoms with Crippen molar-refractivity contribution in [3.05, 3.63) is 40.7 Å². The first-order valence-electron chi connectivity index (χ1n) is 13.2. The summed E-state index contributed by atoms with van der Waals surface area (Å²) in [5.74, 6) is 0.0259. The summed E-state index contributed by atoms with van der Waals surface area (Å²) in [5.41, 5.74) is 8.79. The predicted octanol–water partition coefficient (Wildman–Crippen LogP) is 3.26. The Morgan fingerprint density at radius 3 is 2.22 bits per heavy atom. The number of hydrogen-bond acceptors (Lipinski definition) is 8. The van der Waals surface area contributed by atoms with Crippen LogP contribution < -0.4 is 20.5 Å². The molecule has 0 bridgehead atoms. The molecule has 0 unspecified atom stereocenters. The molecule has 0 aliphatic heterocycles. The number of aryl methyl sites for hydroxylation is 2. The molecule has 0 radical (unpaired) electrons. The van der Waals surface area contributed by atoms with Crippen LogP contribution in [-0.4, -0.2) is 80.5 Å². The van der Waals surface area contributed by atoms with Crippen molar-refractivity contribution in [3.8, 4) is 11.5 Å². The average Bonchev–Trinajstić information content (AvgIpc) is 3.21. The highest BCUT2D eigenvalue weighted by Gasteiger charge is 2.10. The van der Waals surface area contributed by atoms with Gasteiger partial charge in [0.2, 0.25) is 0 Å². The molecule has 0 spiro atoms. The Hall–Kier alpha value is -2.66. The third kappa shape index (κ3) is 12.9. The van der Waals surface area contributed by atoms with Crippen LogP contribution >= 0.6 is 0 Å². The monoisotopic (exact) mass is 520 g/mol. The first-order valence-corrected chi connectivity index (χ1v) is 13.2. The maximum Gasteiger partial charge on any atom is 0.335 e. The normalized spacial score (nSPS) is 11.1. The number of aromatic carboxylic acids is 1. The van der Waals surface area contributed by atoms with E-state index in [0.29, 0.717) is 57.7 Å². The minimum Gasteiger partial charge on any atom is -0.493 e. The highest BCUT2D eigenvalue weighted by Crippen LogP contribution is 2.24. The Balaban J connectivity index is 1.57. The molecule has 0 amide bonds. The van der Waals surface area contributed by atoms with E-state index in [1.807, 2.05) is 13.8 Å². The second-order valence-electron chi connectivity index (χ2n) is 8.89. The Labute approximate surface area is 220 Å². The number of unbranched alkanes of at least 4 members (excludes halogenated alkanes) is 3. The lowest BCUT2D eigenvalue weighted by atomic mass is 10.1. The van der Waals surface area contributed by atoms with E-state index in [9.17, 15) is 9.90 Å². The molecule has 0 atom stereocenters. The lowest BCUT2D eigenvalue weighted by Crippen LogP contribution is -2.22. The van der Waals surface area contributed by atoms with Crippen LogP contribution in [0.2, 0.25) is 0 Å². The number of carbonyl (C=O) groups is 1. The smallest absolute Gasteiger partial charge is 0.335 e. The molecule has 0 aliphatic carbocycles. The zero-order valence-electron chi connectivity index (χ0n) is 22.4. The number of nitrogens with two attached hydrogens (primary N) is 1. The van der Waals surface area contributed by atoms with Crippen molar-refractivity contribution in [2.45, 2.75) is 52.4 Å². The number of rotatable bonds is 22. The maximum atomic E-state index is 11.5. The molecule has 0 saturated heterocycles. The molecule has 5 N–H and O–H groups in total. The SMILES string of the molecule is Cc1n[nH]c(C)c1CCCOc1cc(OCCCCCCNCCOCCOCCN)cc(C(=O)O)c1. The fourth-order valence-corrected chi connectivity index (χ4v) is 3.81. The van der Waals surface area contributed by atoms with Crippen molar-refractivity contribution in [2.24, 2.45) is 5.73 Å². The number of benzene rings is 1. The summed E-state index contributed by atoms with van der Waals surface area (Å²) < 4.78 is 22.4. The van der Waals surface area contributed by atoms with Gasteiger partial charge in [0.15, 0.2) is 0 Å². The van der Waals surface area contributed by atoms with Crippen LogP contribution in [0.15, 0.2) is 18.2 Å². The number of nitrogens with one attached hydrogen (secondary N) is 2. The quantitative estimate of drug-likeness (QED) is 0.172. The second kappa shape index (κ2) is 18.6. The summed E-state index contributed by atoms with van der Waals surface area (Å²) in [6, 6.07) is 4.85. The number of carboxylic acid groups (broad SMARTS) is 1. The fourth-order valence-electron chi connectivity index (χ4n) is 3.81. The molecule has 1 aromatic heterocycles. The van der Waals surface area contributed by atoms with Gasteiger partial charge in [-0.3, -0.25) is 5.10 Å². The van der Waals surface area contributed by atoms with Crippen molar-refractivity contribution in [3.63, 3.8) is 0 Å². The van der Waals surface area contributed by atoms with Crippen molar-refractivity contribution in [1.29, 1.82) is 0 Å². The number of H-pyrrole nitrogens is 1. The minimum atomic E-state index is -1.00. The molecular weight excluding hydrogens is 476 g/mol. The Morgan fingerprint density at radius 2 is 1.57 bits per heavy atom. The van der Waals surface area contributed by atoms with Crippen molar-refractivity contribution >= 4 is 5.97 Å². The molecule has 208 valence electrons. The Kier molecular flexibility index (Phi) is 15.3. The molecule has 1 heterocycles. The predicted molar refractivity (Wildman–Crippen MR) is 143 cm³/mol. The van der Waals surface area contributed by atoms with E-state index in [4.69, 9.17) is 24.7 Å². The number of aromatic nitrogens is 2. The molecule has 2 aromatic rings. The highest BCUT2D eigenvalue weighted by atomic mass is 16.5. The van der Waals surface area contributed by atoms with Gasteiger partial charge in [0.25, 0.3) is 0 Å². The largest absolute Gasteiger partial charge is 0.493 e. The summed E-state index contributed by atoms with van der Waals surface area (Å²) in [6.07, 6.45) is 5.80. The van der Waals surface area contributed by atoms with E-state index in [1.165, 1.54) is 11.6 Å². The first-order chi connectivity index (χ1) is 18.0. The molecule has 2 rings (SSSR count). The van der Waals surface area contributed by atoms with E-state index < -0.39 is 5.97 Å². The topological polar surface area (TPSA) is 141 Å². The lowest BCUT2D eigenvalue weighted by molar-refractivity contribution is 0.0519. The minimum absolute atomic E-state index is 0.159. The van der Waals surface area contributed by atoms with E-state index in [-0.39, 0.29) is 5.56 Å². The van der Waals surface area contributed by atoms with Crippen LogP contribution in [0.3, 0.4) is 0 Å². The zero-order chi connectivity index (χ0) is 26.7. The third-order valence-electron chi connectivity index (χ3n) is 5.82. The summed E-state index contributed by atoms with van der Waals surface area (Å²) in [7, 11) is 0. The van der Waals surface area contributed by atoms with Gasteiger partial charge in [-0.05, 0) is 63.8 Å². The van der Waals surface area contributed by atoms with Gasteiger partial charge in [-0.25, -0.2) is 4.79 Å². The Morgan fingerprint density at radius 1 is 0.892 bits per heavy atom. The van der Waals surface area contributed by atoms with Gasteiger partial charge in [-0.15, -0.1) is 0 Å². The Bertz CT molecular complexity index is 886. The number of hydrogen-bond donors (Lipinski definition) is 4. The van der Waals surface area contributed by atoms with Gasteiger partial charge in [-0.1, -0.05) is 12.8 Å². The van der Waals surface area contributed by atoms with Crippen LogP contribution in [0.25, 0.3) is 0 Å². The summed E-state index contributed by atoms with van der Waals surface area (Å²) in [6.45, 7) is 9.75. The summed E-state index contributed by atoms with van der Waals surface area (Å²) in [4.78, 5) is 11.5. The van der Waals surface area contributed by atoms with E-state index in [1.54, 1.807) is 12.1 Å². The van der Waals surface area contributed by atoms with Crippen LogP contribution in [0, 0.1) is 13.8 Å². The lowest BCUT2D eigenvalue weighted by Gasteiger charge is -2.11. The van der Waals surface area contributed by atoms with Crippen molar-refractivity contribution < 1.29 is 28.8 Å². The molecule has 10 nitrogen and oxygen atoms in total. The molecular formula is C27H44N4O6. The molecule has 10 heteroatoms. The fraction of sp³-hybridized carbons (Fsp3) is 0.630. The van der Waals surface area contributed by atoms with Crippen molar-refractivity contribution in [2.75, 3.05) is 59.3 Å². The van der Waals surface area contributed by atoms with Crippen LogP contribution in [0.1, 0.15) is 59.4 Å². The zero-order valence-corrected chi connectivity index (χ0v) is 22.4. The molecule has 0 aliphatic rings. The molecule has 0 fully saturated rings. The van der Waals surface area contributed by atoms with Gasteiger partial charge in [-0.2, -0.15) is 5.10 Å². The van der Waals surface area contributed by atoms with E-state index >= 15 is 0 Å². The summed E-state index contributed by atoms with van der Waals surface area (Å²) in [5, 5.41) is 20.0. The van der Waals surface area contributed by atoms with Gasteiger partial charge in [0.1, 0.15) is 11.5 Å². The number of ether oxygens (including phenoxy) is 4. The number of nitrogens with zero attached hydrogens (tertiary/aromatic N) is 1. The van der Waals surface area contributed by atoms with E-state index in [0.717, 1.165) is 63.0 Å². The standard InChI is InChI=1S/C27H44N4O6/c1-21-26(22(2)31-30-21)8-7-13-37-25-19-23(27(32)33)18-24(20-25)36-12-6-4-3-5-10-29-11-15-35-17-16-34-14-9-28/h18-20,29H,3-17,28H2,1-2H3,(H,30,31)(H,32,33). The second-order valence-corrected chi connectivity index (χ2v) is 8.89. The number of carboxylic acids is 1. The average molecular weight is 521 g/mol. The third-order valence-corrected chi connectivity index (χ3v) is 5.82. The van der Waals surface area contributed by atoms with Crippen LogP contribution in [0.5, 0.6) is 11.5 Å². The van der Waals surface area contributed by atoms with Crippen LogP contribution in [-0.2, 0) is 15.9 Å². The molecule has 1 aromatic carbocycles. The number of aromatic amines is 1. The van der Waals surface area contributed by atoms with Crippen LogP contribution in [0.4, 0.5) is 0 Å². The van der Waals surface area contributed by atoms with Gasteiger partial charge in [0, 0.05) is 24.8 Å². The first kappa shape index (κ1) is 30.6. The maximum absolute atomic E-state index is 11.5.